The third-order valence-electron chi connectivity index (χ3n) is 8.60. The molecule has 0 aliphatic carbocycles. The van der Waals surface area contributed by atoms with Gasteiger partial charge in [-0.25, -0.2) is 9.97 Å². The number of fused-ring (bicyclic) bond motifs is 10. The Morgan fingerprint density at radius 3 is 2.16 bits per heavy atom. The van der Waals surface area contributed by atoms with Gasteiger partial charge in [0.1, 0.15) is 27.2 Å². The SMILES string of the molecule is c1ccc2cc3c(cc2c1)c1ccccc1n3-c1nc2c(nc1-c1ccc3c(c1)oc1ccccc13)sc1ccccc12. The molecule has 0 atom stereocenters. The van der Waals surface area contributed by atoms with Gasteiger partial charge in [-0.1, -0.05) is 84.9 Å². The van der Waals surface area contributed by atoms with Crippen LogP contribution in [0.25, 0.3) is 92.0 Å². The molecule has 0 saturated heterocycles. The molecule has 4 heterocycles. The second-order valence-electron chi connectivity index (χ2n) is 11.0. The summed E-state index contributed by atoms with van der Waals surface area (Å²) in [5.74, 6) is 0.813. The van der Waals surface area contributed by atoms with Crippen LogP contribution in [0.5, 0.6) is 0 Å². The lowest BCUT2D eigenvalue weighted by Gasteiger charge is -2.13. The van der Waals surface area contributed by atoms with Crippen molar-refractivity contribution in [3.8, 4) is 17.1 Å². The van der Waals surface area contributed by atoms with E-state index in [0.29, 0.717) is 0 Å². The Morgan fingerprint density at radius 1 is 0.535 bits per heavy atom. The Morgan fingerprint density at radius 2 is 1.26 bits per heavy atom. The van der Waals surface area contributed by atoms with Crippen LogP contribution in [0.15, 0.2) is 132 Å². The molecule has 0 aliphatic heterocycles. The zero-order valence-electron chi connectivity index (χ0n) is 22.8. The summed E-state index contributed by atoms with van der Waals surface area (Å²) in [4.78, 5) is 11.8. The first-order valence-electron chi connectivity index (χ1n) is 14.3. The third-order valence-corrected chi connectivity index (χ3v) is 9.65. The van der Waals surface area contributed by atoms with Gasteiger partial charge in [-0.2, -0.15) is 0 Å². The number of hydrogen-bond acceptors (Lipinski definition) is 4. The van der Waals surface area contributed by atoms with E-state index in [1.165, 1.54) is 26.2 Å². The first-order chi connectivity index (χ1) is 21.3. The number of aromatic nitrogens is 3. The van der Waals surface area contributed by atoms with Crippen molar-refractivity contribution in [3.05, 3.63) is 127 Å². The highest BCUT2D eigenvalue weighted by molar-refractivity contribution is 7.25. The Hall–Kier alpha value is -5.52. The normalized spacial score (nSPS) is 12.2. The lowest BCUT2D eigenvalue weighted by molar-refractivity contribution is 0.669. The first kappa shape index (κ1) is 23.1. The van der Waals surface area contributed by atoms with Gasteiger partial charge < -0.3 is 4.42 Å². The number of rotatable bonds is 2. The summed E-state index contributed by atoms with van der Waals surface area (Å²) >= 11 is 1.69. The molecule has 4 aromatic heterocycles. The molecule has 0 saturated carbocycles. The molecular weight excluding hydrogens is 547 g/mol. The van der Waals surface area contributed by atoms with E-state index < -0.39 is 0 Å². The van der Waals surface area contributed by atoms with E-state index in [4.69, 9.17) is 14.4 Å². The van der Waals surface area contributed by atoms with Gasteiger partial charge in [-0.3, -0.25) is 4.57 Å². The van der Waals surface area contributed by atoms with Crippen molar-refractivity contribution in [1.29, 1.82) is 0 Å². The van der Waals surface area contributed by atoms with Gasteiger partial charge >= 0.3 is 0 Å². The average molecular weight is 568 g/mol. The molecule has 4 nitrogen and oxygen atoms in total. The summed E-state index contributed by atoms with van der Waals surface area (Å²) in [6, 6.07) is 44.8. The minimum Gasteiger partial charge on any atom is -0.456 e. The topological polar surface area (TPSA) is 43.9 Å². The summed E-state index contributed by atoms with van der Waals surface area (Å²) < 4.78 is 9.80. The van der Waals surface area contributed by atoms with Crippen molar-refractivity contribution >= 4 is 86.3 Å². The second kappa shape index (κ2) is 8.51. The minimum atomic E-state index is 0.813. The lowest BCUT2D eigenvalue weighted by atomic mass is 10.1. The van der Waals surface area contributed by atoms with Crippen molar-refractivity contribution in [1.82, 2.24) is 14.5 Å². The van der Waals surface area contributed by atoms with E-state index >= 15 is 0 Å². The fourth-order valence-corrected chi connectivity index (χ4v) is 7.64. The standard InChI is InChI=1S/C38H21N3OS/c1-2-10-23-20-31-29(19-22(23)9-1)25-11-3-6-14-30(25)41(31)37-35(40-38-36(39-37)28-13-5-8-16-34(28)43-38)24-17-18-27-26-12-4-7-15-32(26)42-33(27)21-24/h1-21H. The Balaban J connectivity index is 1.36. The Labute approximate surface area is 249 Å². The molecule has 0 amide bonds. The number of benzene rings is 6. The maximum Gasteiger partial charge on any atom is 0.165 e. The van der Waals surface area contributed by atoms with Crippen LogP contribution in [0.4, 0.5) is 0 Å². The average Bonchev–Trinajstić information content (AvgIpc) is 3.71. The monoisotopic (exact) mass is 567 g/mol. The van der Waals surface area contributed by atoms with Crippen molar-refractivity contribution in [2.45, 2.75) is 0 Å². The van der Waals surface area contributed by atoms with Crippen LogP contribution in [0.3, 0.4) is 0 Å². The molecule has 0 spiro atoms. The molecule has 43 heavy (non-hydrogen) atoms. The molecule has 200 valence electrons. The number of para-hydroxylation sites is 2. The molecular formula is C38H21N3OS. The molecule has 10 aromatic rings. The van der Waals surface area contributed by atoms with Crippen molar-refractivity contribution < 1.29 is 4.42 Å². The van der Waals surface area contributed by atoms with E-state index in [1.807, 2.05) is 12.1 Å². The quantitative estimate of drug-likeness (QED) is 0.209. The Kier molecular flexibility index (Phi) is 4.57. The molecule has 6 aromatic carbocycles. The summed E-state index contributed by atoms with van der Waals surface area (Å²) in [5, 5.41) is 8.15. The van der Waals surface area contributed by atoms with Crippen LogP contribution in [0.1, 0.15) is 0 Å². The van der Waals surface area contributed by atoms with Crippen molar-refractivity contribution in [3.63, 3.8) is 0 Å². The molecule has 0 unspecified atom stereocenters. The van der Waals surface area contributed by atoms with Crippen LogP contribution in [0.2, 0.25) is 0 Å². The van der Waals surface area contributed by atoms with E-state index in [0.717, 1.165) is 65.8 Å². The van der Waals surface area contributed by atoms with E-state index in [-0.39, 0.29) is 0 Å². The number of furan rings is 1. The highest BCUT2D eigenvalue weighted by Crippen LogP contribution is 2.41. The summed E-state index contributed by atoms with van der Waals surface area (Å²) in [6.07, 6.45) is 0. The molecule has 0 radical (unpaired) electrons. The fourth-order valence-electron chi connectivity index (χ4n) is 6.62. The number of thiophene rings is 1. The maximum absolute atomic E-state index is 6.32. The largest absolute Gasteiger partial charge is 0.456 e. The smallest absolute Gasteiger partial charge is 0.165 e. The van der Waals surface area contributed by atoms with Gasteiger partial charge in [-0.05, 0) is 53.2 Å². The predicted octanol–water partition coefficient (Wildman–Crippen LogP) is 10.7. The minimum absolute atomic E-state index is 0.813. The summed E-state index contributed by atoms with van der Waals surface area (Å²) in [7, 11) is 0. The van der Waals surface area contributed by atoms with Crippen LogP contribution in [0, 0.1) is 0 Å². The zero-order valence-corrected chi connectivity index (χ0v) is 23.6. The van der Waals surface area contributed by atoms with Crippen molar-refractivity contribution in [2.75, 3.05) is 0 Å². The van der Waals surface area contributed by atoms with Crippen molar-refractivity contribution in [2.24, 2.45) is 0 Å². The van der Waals surface area contributed by atoms with Gasteiger partial charge in [0.05, 0.1) is 11.0 Å². The summed E-state index contributed by atoms with van der Waals surface area (Å²) in [6.45, 7) is 0. The van der Waals surface area contributed by atoms with Crippen LogP contribution < -0.4 is 0 Å². The molecule has 0 N–H and O–H groups in total. The maximum atomic E-state index is 6.32. The van der Waals surface area contributed by atoms with Gasteiger partial charge in [0, 0.05) is 37.2 Å². The van der Waals surface area contributed by atoms with Gasteiger partial charge in [-0.15, -0.1) is 11.3 Å². The van der Waals surface area contributed by atoms with Crippen LogP contribution in [-0.2, 0) is 0 Å². The number of hydrogen-bond donors (Lipinski definition) is 0. The predicted molar refractivity (Wildman–Crippen MR) is 179 cm³/mol. The zero-order chi connectivity index (χ0) is 28.1. The Bertz CT molecular complexity index is 2750. The van der Waals surface area contributed by atoms with E-state index in [2.05, 4.69) is 120 Å². The fraction of sp³-hybridized carbons (Fsp3) is 0. The molecule has 5 heteroatoms. The molecule has 10 rings (SSSR count). The van der Waals surface area contributed by atoms with Gasteiger partial charge in [0.25, 0.3) is 0 Å². The van der Waals surface area contributed by atoms with Gasteiger partial charge in [0.2, 0.25) is 0 Å². The van der Waals surface area contributed by atoms with E-state index in [9.17, 15) is 0 Å². The van der Waals surface area contributed by atoms with Crippen LogP contribution in [-0.4, -0.2) is 14.5 Å². The first-order valence-corrected chi connectivity index (χ1v) is 15.2. The summed E-state index contributed by atoms with van der Waals surface area (Å²) in [5.41, 5.74) is 6.67. The third kappa shape index (κ3) is 3.25. The van der Waals surface area contributed by atoms with Gasteiger partial charge in [0.15, 0.2) is 5.82 Å². The second-order valence-corrected chi connectivity index (χ2v) is 12.1. The van der Waals surface area contributed by atoms with Crippen LogP contribution >= 0.6 is 11.3 Å². The van der Waals surface area contributed by atoms with E-state index in [1.54, 1.807) is 11.3 Å². The molecule has 0 bridgehead atoms. The molecule has 0 fully saturated rings. The highest BCUT2D eigenvalue weighted by atomic mass is 32.1. The number of nitrogens with zero attached hydrogens (tertiary/aromatic N) is 3. The molecule has 0 aliphatic rings. The highest BCUT2D eigenvalue weighted by Gasteiger charge is 2.22. The lowest BCUT2D eigenvalue weighted by Crippen LogP contribution is -2.03.